The van der Waals surface area contributed by atoms with E-state index in [0.29, 0.717) is 37.5 Å². The Kier molecular flexibility index (Phi) is 6.26. The van der Waals surface area contributed by atoms with Crippen LogP contribution in [-0.4, -0.2) is 64.4 Å². The summed E-state index contributed by atoms with van der Waals surface area (Å²) in [7, 11) is 0. The summed E-state index contributed by atoms with van der Waals surface area (Å²) >= 11 is 0. The molecule has 2 aliphatic rings. The third-order valence-corrected chi connectivity index (χ3v) is 6.33. The molecular formula is C23H28N4O3. The first kappa shape index (κ1) is 20.3. The van der Waals surface area contributed by atoms with Crippen LogP contribution in [0.3, 0.4) is 0 Å². The zero-order valence-corrected chi connectivity index (χ0v) is 17.3. The lowest BCUT2D eigenvalue weighted by molar-refractivity contribution is -0.128. The SMILES string of the molecule is CC(=O)N1C[C@@H](COc2ccccc2)[C@H](C2CCN(C(=O)c3ncccn3)CC2)C1. The third kappa shape index (κ3) is 4.61. The van der Waals surface area contributed by atoms with Crippen molar-refractivity contribution < 1.29 is 14.3 Å². The fourth-order valence-corrected chi connectivity index (χ4v) is 4.67. The molecule has 1 aromatic heterocycles. The Morgan fingerprint density at radius 3 is 2.37 bits per heavy atom. The molecule has 158 valence electrons. The van der Waals surface area contributed by atoms with Gasteiger partial charge in [0, 0.05) is 51.4 Å². The van der Waals surface area contributed by atoms with Crippen molar-refractivity contribution in [2.75, 3.05) is 32.8 Å². The molecule has 2 saturated heterocycles. The molecule has 0 unspecified atom stereocenters. The number of rotatable bonds is 5. The van der Waals surface area contributed by atoms with E-state index in [1.165, 1.54) is 0 Å². The van der Waals surface area contributed by atoms with Crippen LogP contribution >= 0.6 is 0 Å². The zero-order valence-electron chi connectivity index (χ0n) is 17.3. The molecule has 2 amide bonds. The fraction of sp³-hybridized carbons (Fsp3) is 0.478. The summed E-state index contributed by atoms with van der Waals surface area (Å²) in [5.74, 6) is 2.31. The lowest BCUT2D eigenvalue weighted by atomic mass is 9.78. The van der Waals surface area contributed by atoms with Gasteiger partial charge in [0.25, 0.3) is 5.91 Å². The second-order valence-corrected chi connectivity index (χ2v) is 8.17. The highest BCUT2D eigenvalue weighted by molar-refractivity contribution is 5.90. The molecule has 0 saturated carbocycles. The van der Waals surface area contributed by atoms with E-state index in [2.05, 4.69) is 9.97 Å². The minimum absolute atomic E-state index is 0.102. The van der Waals surface area contributed by atoms with Crippen LogP contribution in [0.1, 0.15) is 30.4 Å². The van der Waals surface area contributed by atoms with Crippen molar-refractivity contribution in [3.63, 3.8) is 0 Å². The van der Waals surface area contributed by atoms with Gasteiger partial charge in [-0.25, -0.2) is 9.97 Å². The summed E-state index contributed by atoms with van der Waals surface area (Å²) in [6, 6.07) is 11.5. The van der Waals surface area contributed by atoms with E-state index in [-0.39, 0.29) is 17.6 Å². The maximum absolute atomic E-state index is 12.6. The maximum Gasteiger partial charge on any atom is 0.291 e. The first-order valence-electron chi connectivity index (χ1n) is 10.6. The standard InChI is InChI=1S/C23H28N4O3/c1-17(28)27-14-19(16-30-20-6-3-2-4-7-20)21(15-27)18-8-12-26(13-9-18)23(29)22-24-10-5-11-25-22/h2-7,10-11,18-19,21H,8-9,12-16H2,1H3/t19-,21-/m0/s1. The number of nitrogens with zero attached hydrogens (tertiary/aromatic N) is 4. The molecule has 7 nitrogen and oxygen atoms in total. The zero-order chi connectivity index (χ0) is 20.9. The Labute approximate surface area is 177 Å². The molecule has 0 bridgehead atoms. The second-order valence-electron chi connectivity index (χ2n) is 8.17. The van der Waals surface area contributed by atoms with Gasteiger partial charge in [-0.05, 0) is 42.9 Å². The van der Waals surface area contributed by atoms with Crippen LogP contribution in [0.15, 0.2) is 48.8 Å². The first-order chi connectivity index (χ1) is 14.6. The van der Waals surface area contributed by atoms with Gasteiger partial charge < -0.3 is 14.5 Å². The van der Waals surface area contributed by atoms with Crippen molar-refractivity contribution >= 4 is 11.8 Å². The molecule has 0 spiro atoms. The molecule has 2 aliphatic heterocycles. The van der Waals surface area contributed by atoms with Crippen LogP contribution in [0, 0.1) is 17.8 Å². The van der Waals surface area contributed by atoms with Crippen LogP contribution in [0.4, 0.5) is 0 Å². The van der Waals surface area contributed by atoms with Gasteiger partial charge in [0.05, 0.1) is 6.61 Å². The number of likely N-dealkylation sites (tertiary alicyclic amines) is 2. The monoisotopic (exact) mass is 408 g/mol. The van der Waals surface area contributed by atoms with Crippen molar-refractivity contribution in [1.82, 2.24) is 19.8 Å². The van der Waals surface area contributed by atoms with Gasteiger partial charge in [-0.2, -0.15) is 0 Å². The average molecular weight is 409 g/mol. The predicted molar refractivity (Wildman–Crippen MR) is 112 cm³/mol. The normalized spacial score (nSPS) is 22.2. The number of piperidine rings is 1. The van der Waals surface area contributed by atoms with Crippen LogP contribution in [-0.2, 0) is 4.79 Å². The highest BCUT2D eigenvalue weighted by Gasteiger charge is 2.40. The molecule has 1 aromatic carbocycles. The highest BCUT2D eigenvalue weighted by Crippen LogP contribution is 2.36. The van der Waals surface area contributed by atoms with E-state index >= 15 is 0 Å². The summed E-state index contributed by atoms with van der Waals surface area (Å²) in [5.41, 5.74) is 0. The minimum Gasteiger partial charge on any atom is -0.493 e. The van der Waals surface area contributed by atoms with E-state index in [4.69, 9.17) is 4.74 Å². The molecule has 4 rings (SSSR count). The van der Waals surface area contributed by atoms with Crippen molar-refractivity contribution in [3.05, 3.63) is 54.6 Å². The van der Waals surface area contributed by atoms with Crippen LogP contribution in [0.2, 0.25) is 0 Å². The molecule has 2 atom stereocenters. The Morgan fingerprint density at radius 1 is 1.00 bits per heavy atom. The van der Waals surface area contributed by atoms with Gasteiger partial charge >= 0.3 is 0 Å². The number of hydrogen-bond acceptors (Lipinski definition) is 5. The van der Waals surface area contributed by atoms with Gasteiger partial charge in [0.15, 0.2) is 0 Å². The van der Waals surface area contributed by atoms with Crippen LogP contribution in [0.25, 0.3) is 0 Å². The van der Waals surface area contributed by atoms with Gasteiger partial charge in [0.2, 0.25) is 11.7 Å². The first-order valence-corrected chi connectivity index (χ1v) is 10.6. The number of carbonyl (C=O) groups is 2. The van der Waals surface area contributed by atoms with Crippen molar-refractivity contribution in [2.45, 2.75) is 19.8 Å². The molecule has 0 radical (unpaired) electrons. The van der Waals surface area contributed by atoms with Crippen molar-refractivity contribution in [1.29, 1.82) is 0 Å². The van der Waals surface area contributed by atoms with Crippen molar-refractivity contribution in [3.8, 4) is 5.75 Å². The summed E-state index contributed by atoms with van der Waals surface area (Å²) in [6.07, 6.45) is 5.05. The molecule has 0 N–H and O–H groups in total. The van der Waals surface area contributed by atoms with Gasteiger partial charge in [-0.3, -0.25) is 9.59 Å². The predicted octanol–water partition coefficient (Wildman–Crippen LogP) is 2.50. The molecule has 30 heavy (non-hydrogen) atoms. The molecular weight excluding hydrogens is 380 g/mol. The van der Waals surface area contributed by atoms with Crippen molar-refractivity contribution in [2.24, 2.45) is 17.8 Å². The minimum atomic E-state index is -0.102. The number of hydrogen-bond donors (Lipinski definition) is 0. The lowest BCUT2D eigenvalue weighted by Crippen LogP contribution is -2.42. The van der Waals surface area contributed by atoms with E-state index in [1.807, 2.05) is 40.1 Å². The topological polar surface area (TPSA) is 75.6 Å². The molecule has 2 aromatic rings. The summed E-state index contributed by atoms with van der Waals surface area (Å²) in [5, 5.41) is 0. The Bertz CT molecular complexity index is 853. The number of aromatic nitrogens is 2. The van der Waals surface area contributed by atoms with Gasteiger partial charge in [-0.1, -0.05) is 18.2 Å². The summed E-state index contributed by atoms with van der Waals surface area (Å²) in [6.45, 7) is 5.16. The molecule has 0 aliphatic carbocycles. The number of para-hydroxylation sites is 1. The highest BCUT2D eigenvalue weighted by atomic mass is 16.5. The largest absolute Gasteiger partial charge is 0.493 e. The van der Waals surface area contributed by atoms with E-state index in [1.54, 1.807) is 25.4 Å². The summed E-state index contributed by atoms with van der Waals surface area (Å²) < 4.78 is 6.04. The molecule has 2 fully saturated rings. The molecule has 7 heteroatoms. The fourth-order valence-electron chi connectivity index (χ4n) is 4.67. The molecule has 3 heterocycles. The van der Waals surface area contributed by atoms with Crippen LogP contribution in [0.5, 0.6) is 5.75 Å². The van der Waals surface area contributed by atoms with Crippen LogP contribution < -0.4 is 4.74 Å². The van der Waals surface area contributed by atoms with E-state index in [9.17, 15) is 9.59 Å². The Balaban J connectivity index is 1.37. The summed E-state index contributed by atoms with van der Waals surface area (Å²) in [4.78, 5) is 36.6. The average Bonchev–Trinajstić information content (AvgIpc) is 3.23. The smallest absolute Gasteiger partial charge is 0.291 e. The van der Waals surface area contributed by atoms with Gasteiger partial charge in [0.1, 0.15) is 5.75 Å². The quantitative estimate of drug-likeness (QED) is 0.760. The lowest BCUT2D eigenvalue weighted by Gasteiger charge is -2.36. The number of amides is 2. The number of benzene rings is 1. The third-order valence-electron chi connectivity index (χ3n) is 6.33. The van der Waals surface area contributed by atoms with E-state index in [0.717, 1.165) is 31.7 Å². The van der Waals surface area contributed by atoms with E-state index < -0.39 is 0 Å². The number of carbonyl (C=O) groups excluding carboxylic acids is 2. The second kappa shape index (κ2) is 9.24. The number of ether oxygens (including phenoxy) is 1. The van der Waals surface area contributed by atoms with Gasteiger partial charge in [-0.15, -0.1) is 0 Å². The maximum atomic E-state index is 12.6. The Hall–Kier alpha value is -2.96. The Morgan fingerprint density at radius 2 is 1.70 bits per heavy atom.